The van der Waals surface area contributed by atoms with Gasteiger partial charge in [0.25, 0.3) is 5.91 Å². The van der Waals surface area contributed by atoms with Crippen molar-refractivity contribution in [2.45, 2.75) is 39.2 Å². The van der Waals surface area contributed by atoms with Crippen LogP contribution in [-0.2, 0) is 13.0 Å². The molecule has 3 rings (SSSR count). The molecule has 1 amide bonds. The van der Waals surface area contributed by atoms with Crippen LogP contribution < -0.4 is 5.32 Å². The lowest BCUT2D eigenvalue weighted by Gasteiger charge is -2.30. The number of hydrogen-bond donors (Lipinski definition) is 1. The minimum absolute atomic E-state index is 0.0350. The standard InChI is InChI=1S/C23H29FN2O/c1-18-4-3-15-26(16-18)17-20-6-10-21(11-7-20)23(27)25-14-2-5-19-8-12-22(24)13-9-19/h6-13,18H,2-5,14-17H2,1H3,(H,25,27)/t18-/m1/s1. The molecule has 1 aliphatic heterocycles. The Balaban J connectivity index is 1.41. The number of hydrogen-bond acceptors (Lipinski definition) is 2. The van der Waals surface area contributed by atoms with Crippen molar-refractivity contribution < 1.29 is 9.18 Å². The summed E-state index contributed by atoms with van der Waals surface area (Å²) in [6.07, 6.45) is 4.27. The summed E-state index contributed by atoms with van der Waals surface area (Å²) in [7, 11) is 0. The van der Waals surface area contributed by atoms with E-state index in [0.717, 1.165) is 37.4 Å². The van der Waals surface area contributed by atoms with Crippen molar-refractivity contribution in [2.24, 2.45) is 5.92 Å². The highest BCUT2D eigenvalue weighted by atomic mass is 19.1. The first-order valence-corrected chi connectivity index (χ1v) is 9.94. The zero-order valence-corrected chi connectivity index (χ0v) is 16.1. The van der Waals surface area contributed by atoms with Gasteiger partial charge in [-0.05, 0) is 73.5 Å². The first-order chi connectivity index (χ1) is 13.1. The molecule has 2 aromatic carbocycles. The number of nitrogens with one attached hydrogen (secondary N) is 1. The van der Waals surface area contributed by atoms with Gasteiger partial charge in [-0.1, -0.05) is 31.2 Å². The molecule has 2 aromatic rings. The Morgan fingerprint density at radius 3 is 2.52 bits per heavy atom. The predicted molar refractivity (Wildman–Crippen MR) is 107 cm³/mol. The van der Waals surface area contributed by atoms with Crippen molar-refractivity contribution in [3.63, 3.8) is 0 Å². The fraction of sp³-hybridized carbons (Fsp3) is 0.435. The van der Waals surface area contributed by atoms with Crippen LogP contribution in [0.5, 0.6) is 0 Å². The fourth-order valence-electron chi connectivity index (χ4n) is 3.70. The van der Waals surface area contributed by atoms with Gasteiger partial charge in [0, 0.05) is 25.2 Å². The average molecular weight is 368 g/mol. The number of carbonyl (C=O) groups is 1. The number of amides is 1. The van der Waals surface area contributed by atoms with Gasteiger partial charge in [-0.2, -0.15) is 0 Å². The van der Waals surface area contributed by atoms with Crippen molar-refractivity contribution >= 4 is 5.91 Å². The third-order valence-electron chi connectivity index (χ3n) is 5.20. The van der Waals surface area contributed by atoms with E-state index < -0.39 is 0 Å². The molecule has 1 atom stereocenters. The van der Waals surface area contributed by atoms with Crippen LogP contribution in [0.2, 0.25) is 0 Å². The number of nitrogens with zero attached hydrogens (tertiary/aromatic N) is 1. The van der Waals surface area contributed by atoms with E-state index in [2.05, 4.69) is 29.3 Å². The molecule has 1 fully saturated rings. The van der Waals surface area contributed by atoms with Gasteiger partial charge >= 0.3 is 0 Å². The number of aryl methyl sites for hydroxylation is 1. The fourth-order valence-corrected chi connectivity index (χ4v) is 3.70. The molecule has 1 heterocycles. The van der Waals surface area contributed by atoms with Crippen molar-refractivity contribution in [3.8, 4) is 0 Å². The summed E-state index contributed by atoms with van der Waals surface area (Å²) in [5, 5.41) is 2.96. The zero-order valence-electron chi connectivity index (χ0n) is 16.1. The quantitative estimate of drug-likeness (QED) is 0.734. The van der Waals surface area contributed by atoms with Crippen LogP contribution in [0, 0.1) is 11.7 Å². The lowest BCUT2D eigenvalue weighted by molar-refractivity contribution is 0.0953. The molecule has 0 spiro atoms. The highest BCUT2D eigenvalue weighted by molar-refractivity contribution is 5.94. The Labute approximate surface area is 161 Å². The van der Waals surface area contributed by atoms with E-state index in [-0.39, 0.29) is 11.7 Å². The topological polar surface area (TPSA) is 32.3 Å². The molecule has 0 aliphatic carbocycles. The van der Waals surface area contributed by atoms with Crippen molar-refractivity contribution in [3.05, 3.63) is 71.0 Å². The van der Waals surface area contributed by atoms with E-state index in [4.69, 9.17) is 0 Å². The SMILES string of the molecule is C[C@@H]1CCCN(Cc2ccc(C(=O)NCCCc3ccc(F)cc3)cc2)C1. The normalized spacial score (nSPS) is 17.6. The number of carbonyl (C=O) groups excluding carboxylic acids is 1. The van der Waals surface area contributed by atoms with Crippen LogP contribution in [0.1, 0.15) is 47.7 Å². The number of rotatable bonds is 7. The minimum atomic E-state index is -0.217. The van der Waals surface area contributed by atoms with E-state index >= 15 is 0 Å². The van der Waals surface area contributed by atoms with Crippen molar-refractivity contribution in [2.75, 3.05) is 19.6 Å². The maximum Gasteiger partial charge on any atom is 0.251 e. The second-order valence-corrected chi connectivity index (χ2v) is 7.67. The Kier molecular flexibility index (Phi) is 6.99. The summed E-state index contributed by atoms with van der Waals surface area (Å²) in [5.41, 5.74) is 3.05. The molecule has 1 aliphatic rings. The molecule has 1 N–H and O–H groups in total. The molecule has 144 valence electrons. The van der Waals surface area contributed by atoms with Gasteiger partial charge in [-0.3, -0.25) is 9.69 Å². The van der Waals surface area contributed by atoms with Crippen molar-refractivity contribution in [1.29, 1.82) is 0 Å². The zero-order chi connectivity index (χ0) is 19.1. The number of halogens is 1. The summed E-state index contributed by atoms with van der Waals surface area (Å²) < 4.78 is 12.9. The monoisotopic (exact) mass is 368 g/mol. The molecule has 1 saturated heterocycles. The Morgan fingerprint density at radius 2 is 1.81 bits per heavy atom. The first kappa shape index (κ1) is 19.6. The first-order valence-electron chi connectivity index (χ1n) is 9.94. The van der Waals surface area contributed by atoms with Crippen LogP contribution in [0.4, 0.5) is 4.39 Å². The summed E-state index contributed by atoms with van der Waals surface area (Å²) in [6.45, 7) is 6.22. The number of piperidine rings is 1. The molecule has 3 nitrogen and oxygen atoms in total. The van der Waals surface area contributed by atoms with E-state index in [0.29, 0.717) is 12.1 Å². The summed E-state index contributed by atoms with van der Waals surface area (Å²) in [4.78, 5) is 14.8. The molecular formula is C23H29FN2O. The summed E-state index contributed by atoms with van der Waals surface area (Å²) in [5.74, 6) is 0.524. The molecule has 0 aromatic heterocycles. The molecule has 0 radical (unpaired) electrons. The molecule has 27 heavy (non-hydrogen) atoms. The largest absolute Gasteiger partial charge is 0.352 e. The second kappa shape index (κ2) is 9.65. The van der Waals surface area contributed by atoms with Gasteiger partial charge in [0.2, 0.25) is 0 Å². The Bertz CT molecular complexity index is 727. The van der Waals surface area contributed by atoms with Gasteiger partial charge < -0.3 is 5.32 Å². The van der Waals surface area contributed by atoms with Crippen LogP contribution in [0.25, 0.3) is 0 Å². The number of benzene rings is 2. The Hall–Kier alpha value is -2.20. The predicted octanol–water partition coefficient (Wildman–Crippen LogP) is 4.42. The average Bonchev–Trinajstić information content (AvgIpc) is 2.67. The highest BCUT2D eigenvalue weighted by Gasteiger charge is 2.16. The third-order valence-corrected chi connectivity index (χ3v) is 5.20. The van der Waals surface area contributed by atoms with Gasteiger partial charge in [-0.15, -0.1) is 0 Å². The van der Waals surface area contributed by atoms with Crippen LogP contribution >= 0.6 is 0 Å². The van der Waals surface area contributed by atoms with Crippen LogP contribution in [-0.4, -0.2) is 30.4 Å². The van der Waals surface area contributed by atoms with Gasteiger partial charge in [0.05, 0.1) is 0 Å². The van der Waals surface area contributed by atoms with E-state index in [1.54, 1.807) is 12.1 Å². The van der Waals surface area contributed by atoms with Gasteiger partial charge in [-0.25, -0.2) is 4.39 Å². The molecule has 4 heteroatoms. The maximum atomic E-state index is 12.9. The van der Waals surface area contributed by atoms with E-state index in [1.807, 2.05) is 12.1 Å². The van der Waals surface area contributed by atoms with E-state index in [9.17, 15) is 9.18 Å². The van der Waals surface area contributed by atoms with Gasteiger partial charge in [0.1, 0.15) is 5.82 Å². The smallest absolute Gasteiger partial charge is 0.251 e. The second-order valence-electron chi connectivity index (χ2n) is 7.67. The summed E-state index contributed by atoms with van der Waals surface area (Å²) in [6, 6.07) is 14.5. The highest BCUT2D eigenvalue weighted by Crippen LogP contribution is 2.18. The van der Waals surface area contributed by atoms with Crippen LogP contribution in [0.15, 0.2) is 48.5 Å². The van der Waals surface area contributed by atoms with Crippen molar-refractivity contribution in [1.82, 2.24) is 10.2 Å². The van der Waals surface area contributed by atoms with Gasteiger partial charge in [0.15, 0.2) is 0 Å². The summed E-state index contributed by atoms with van der Waals surface area (Å²) >= 11 is 0. The maximum absolute atomic E-state index is 12.9. The lowest BCUT2D eigenvalue weighted by Crippen LogP contribution is -2.33. The lowest BCUT2D eigenvalue weighted by atomic mass is 9.99. The molecule has 0 bridgehead atoms. The minimum Gasteiger partial charge on any atom is -0.352 e. The van der Waals surface area contributed by atoms with E-state index in [1.165, 1.54) is 37.1 Å². The molecule has 0 unspecified atom stereocenters. The number of likely N-dealkylation sites (tertiary alicyclic amines) is 1. The molecular weight excluding hydrogens is 339 g/mol. The molecule has 0 saturated carbocycles. The van der Waals surface area contributed by atoms with Crippen LogP contribution in [0.3, 0.4) is 0 Å². The Morgan fingerprint density at radius 1 is 1.11 bits per heavy atom. The third kappa shape index (κ3) is 6.17.